The first kappa shape index (κ1) is 14.8. The van der Waals surface area contributed by atoms with E-state index in [1.165, 1.54) is 64.5 Å². The largest absolute Gasteiger partial charge is 0.381 e. The van der Waals surface area contributed by atoms with Crippen LogP contribution in [0.5, 0.6) is 0 Å². The fourth-order valence-corrected chi connectivity index (χ4v) is 4.79. The number of methoxy groups -OCH3 is 1. The van der Waals surface area contributed by atoms with Crippen LogP contribution in [0.1, 0.15) is 65.2 Å². The molecule has 1 spiro atoms. The van der Waals surface area contributed by atoms with Gasteiger partial charge in [0, 0.05) is 37.3 Å². The van der Waals surface area contributed by atoms with Crippen molar-refractivity contribution < 1.29 is 4.74 Å². The van der Waals surface area contributed by atoms with Crippen molar-refractivity contribution in [2.75, 3.05) is 20.2 Å². The van der Waals surface area contributed by atoms with Gasteiger partial charge in [0.2, 0.25) is 0 Å². The molecule has 3 nitrogen and oxygen atoms in total. The summed E-state index contributed by atoms with van der Waals surface area (Å²) < 4.78 is 5.67. The van der Waals surface area contributed by atoms with Crippen LogP contribution < -0.4 is 5.32 Å². The number of piperazine rings is 1. The van der Waals surface area contributed by atoms with Crippen molar-refractivity contribution in [3.8, 4) is 0 Å². The van der Waals surface area contributed by atoms with Gasteiger partial charge in [0.05, 0.1) is 6.10 Å². The summed E-state index contributed by atoms with van der Waals surface area (Å²) in [7, 11) is 1.89. The fraction of sp³-hybridized carbons (Fsp3) is 1.00. The van der Waals surface area contributed by atoms with E-state index < -0.39 is 0 Å². The van der Waals surface area contributed by atoms with Gasteiger partial charge in [-0.1, -0.05) is 12.8 Å². The Labute approximate surface area is 124 Å². The van der Waals surface area contributed by atoms with E-state index in [-0.39, 0.29) is 5.54 Å². The van der Waals surface area contributed by atoms with Crippen LogP contribution >= 0.6 is 0 Å². The number of nitrogens with one attached hydrogen (secondary N) is 1. The molecule has 116 valence electrons. The number of hydrogen-bond acceptors (Lipinski definition) is 3. The third kappa shape index (κ3) is 2.77. The monoisotopic (exact) mass is 280 g/mol. The van der Waals surface area contributed by atoms with Gasteiger partial charge in [0.15, 0.2) is 0 Å². The second-order valence-corrected chi connectivity index (χ2v) is 7.97. The molecule has 1 heterocycles. The van der Waals surface area contributed by atoms with Gasteiger partial charge in [-0.25, -0.2) is 0 Å². The van der Waals surface area contributed by atoms with E-state index >= 15 is 0 Å². The molecule has 2 unspecified atom stereocenters. The first-order valence-corrected chi connectivity index (χ1v) is 8.59. The number of nitrogens with zero attached hydrogens (tertiary/aromatic N) is 1. The van der Waals surface area contributed by atoms with E-state index in [9.17, 15) is 0 Å². The van der Waals surface area contributed by atoms with Gasteiger partial charge in [-0.3, -0.25) is 4.90 Å². The zero-order chi connectivity index (χ0) is 14.2. The molecule has 1 aliphatic heterocycles. The Morgan fingerprint density at radius 2 is 1.85 bits per heavy atom. The summed E-state index contributed by atoms with van der Waals surface area (Å²) in [6.07, 6.45) is 11.3. The molecule has 0 aromatic heterocycles. The van der Waals surface area contributed by atoms with Crippen LogP contribution in [0, 0.1) is 0 Å². The molecule has 1 saturated heterocycles. The summed E-state index contributed by atoms with van der Waals surface area (Å²) in [5.74, 6) is 0. The minimum atomic E-state index is 0.258. The molecule has 1 N–H and O–H groups in total. The summed E-state index contributed by atoms with van der Waals surface area (Å²) in [5.41, 5.74) is 0.712. The Bertz CT molecular complexity index is 336. The third-order valence-electron chi connectivity index (χ3n) is 5.98. The van der Waals surface area contributed by atoms with Crippen molar-refractivity contribution in [2.24, 2.45) is 0 Å². The lowest BCUT2D eigenvalue weighted by atomic mass is 9.81. The smallest absolute Gasteiger partial charge is 0.0586 e. The van der Waals surface area contributed by atoms with Crippen LogP contribution in [0.2, 0.25) is 0 Å². The van der Waals surface area contributed by atoms with Gasteiger partial charge in [-0.05, 0) is 52.4 Å². The Balaban J connectivity index is 1.78. The molecule has 2 saturated carbocycles. The molecule has 2 aliphatic carbocycles. The van der Waals surface area contributed by atoms with E-state index in [1.807, 2.05) is 7.11 Å². The molecule has 0 amide bonds. The third-order valence-corrected chi connectivity index (χ3v) is 5.98. The quantitative estimate of drug-likeness (QED) is 0.841. The topological polar surface area (TPSA) is 24.5 Å². The van der Waals surface area contributed by atoms with Crippen molar-refractivity contribution in [3.05, 3.63) is 0 Å². The second-order valence-electron chi connectivity index (χ2n) is 7.97. The van der Waals surface area contributed by atoms with Crippen molar-refractivity contribution >= 4 is 0 Å². The van der Waals surface area contributed by atoms with Crippen molar-refractivity contribution in [1.29, 1.82) is 0 Å². The van der Waals surface area contributed by atoms with Gasteiger partial charge in [0.1, 0.15) is 0 Å². The lowest BCUT2D eigenvalue weighted by molar-refractivity contribution is -0.0514. The maximum atomic E-state index is 5.67. The van der Waals surface area contributed by atoms with E-state index in [2.05, 4.69) is 24.1 Å². The lowest BCUT2D eigenvalue weighted by Gasteiger charge is -2.55. The molecule has 0 aromatic carbocycles. The SMILES string of the molecule is COC1CCCC(N2CC(C)(C)NCC23CCCC3)C1. The second kappa shape index (κ2) is 5.58. The number of ether oxygens (including phenoxy) is 1. The highest BCUT2D eigenvalue weighted by Crippen LogP contribution is 2.42. The normalized spacial score (nSPS) is 37.4. The predicted molar refractivity (Wildman–Crippen MR) is 83.0 cm³/mol. The Hall–Kier alpha value is -0.120. The van der Waals surface area contributed by atoms with Crippen LogP contribution in [0.15, 0.2) is 0 Å². The molecule has 0 aromatic rings. The molecule has 0 bridgehead atoms. The molecule has 2 atom stereocenters. The number of rotatable bonds is 2. The maximum absolute atomic E-state index is 5.67. The number of hydrogen-bond donors (Lipinski definition) is 1. The lowest BCUT2D eigenvalue weighted by Crippen LogP contribution is -2.70. The van der Waals surface area contributed by atoms with Gasteiger partial charge in [-0.15, -0.1) is 0 Å². The molecular weight excluding hydrogens is 248 g/mol. The van der Waals surface area contributed by atoms with Crippen molar-refractivity contribution in [3.63, 3.8) is 0 Å². The molecule has 20 heavy (non-hydrogen) atoms. The van der Waals surface area contributed by atoms with Gasteiger partial charge in [-0.2, -0.15) is 0 Å². The van der Waals surface area contributed by atoms with E-state index in [1.54, 1.807) is 0 Å². The molecule has 3 fully saturated rings. The highest BCUT2D eigenvalue weighted by Gasteiger charge is 2.48. The van der Waals surface area contributed by atoms with Gasteiger partial charge in [0.25, 0.3) is 0 Å². The summed E-state index contributed by atoms with van der Waals surface area (Å²) in [6, 6.07) is 0.744. The average molecular weight is 280 g/mol. The summed E-state index contributed by atoms with van der Waals surface area (Å²) in [5, 5.41) is 3.81. The minimum Gasteiger partial charge on any atom is -0.381 e. The zero-order valence-corrected chi connectivity index (χ0v) is 13.6. The fourth-order valence-electron chi connectivity index (χ4n) is 4.79. The molecule has 3 rings (SSSR count). The van der Waals surface area contributed by atoms with E-state index in [0.29, 0.717) is 11.6 Å². The highest BCUT2D eigenvalue weighted by molar-refractivity contribution is 5.07. The predicted octanol–water partition coefficient (Wildman–Crippen LogP) is 2.94. The molecular formula is C17H32N2O. The van der Waals surface area contributed by atoms with Gasteiger partial charge < -0.3 is 10.1 Å². The van der Waals surface area contributed by atoms with Crippen molar-refractivity contribution in [2.45, 2.75) is 88.4 Å². The highest BCUT2D eigenvalue weighted by atomic mass is 16.5. The van der Waals surface area contributed by atoms with E-state index in [0.717, 1.165) is 6.04 Å². The summed E-state index contributed by atoms with van der Waals surface area (Å²) >= 11 is 0. The Morgan fingerprint density at radius 1 is 1.10 bits per heavy atom. The Kier molecular flexibility index (Phi) is 4.13. The average Bonchev–Trinajstić information content (AvgIpc) is 2.92. The van der Waals surface area contributed by atoms with Crippen LogP contribution in [0.4, 0.5) is 0 Å². The van der Waals surface area contributed by atoms with Crippen LogP contribution in [0.3, 0.4) is 0 Å². The van der Waals surface area contributed by atoms with Crippen molar-refractivity contribution in [1.82, 2.24) is 10.2 Å². The van der Waals surface area contributed by atoms with Crippen LogP contribution in [0.25, 0.3) is 0 Å². The first-order chi connectivity index (χ1) is 9.55. The first-order valence-electron chi connectivity index (χ1n) is 8.59. The molecule has 0 radical (unpaired) electrons. The molecule has 3 aliphatic rings. The van der Waals surface area contributed by atoms with Crippen LogP contribution in [-0.2, 0) is 4.74 Å². The maximum Gasteiger partial charge on any atom is 0.0586 e. The summed E-state index contributed by atoms with van der Waals surface area (Å²) in [6.45, 7) is 7.11. The standard InChI is InChI=1S/C17H32N2O/c1-16(2)13-19(14-7-6-8-15(11-14)20-3)17(12-18-16)9-4-5-10-17/h14-15,18H,4-13H2,1-3H3. The molecule has 3 heteroatoms. The zero-order valence-electron chi connectivity index (χ0n) is 13.6. The Morgan fingerprint density at radius 3 is 2.55 bits per heavy atom. The van der Waals surface area contributed by atoms with E-state index in [4.69, 9.17) is 4.74 Å². The van der Waals surface area contributed by atoms with Crippen LogP contribution in [-0.4, -0.2) is 48.3 Å². The minimum absolute atomic E-state index is 0.258. The summed E-state index contributed by atoms with van der Waals surface area (Å²) in [4.78, 5) is 2.90. The van der Waals surface area contributed by atoms with Gasteiger partial charge >= 0.3 is 0 Å².